The van der Waals surface area contributed by atoms with Gasteiger partial charge in [-0.2, -0.15) is 0 Å². The van der Waals surface area contributed by atoms with Crippen molar-refractivity contribution in [3.05, 3.63) is 41.6 Å². The van der Waals surface area contributed by atoms with Gasteiger partial charge < -0.3 is 14.6 Å². The average Bonchev–Trinajstić information content (AvgIpc) is 2.46. The summed E-state index contributed by atoms with van der Waals surface area (Å²) < 4.78 is 10.5. The minimum atomic E-state index is -0.683. The van der Waals surface area contributed by atoms with E-state index in [1.165, 1.54) is 12.3 Å². The summed E-state index contributed by atoms with van der Waals surface area (Å²) in [6, 6.07) is 7.41. The van der Waals surface area contributed by atoms with Crippen LogP contribution in [0.5, 0.6) is 5.75 Å². The number of aliphatic hydroxyl groups is 1. The summed E-state index contributed by atoms with van der Waals surface area (Å²) in [6.07, 6.45) is 2.04. The van der Waals surface area contributed by atoms with Crippen molar-refractivity contribution in [3.8, 4) is 5.75 Å². The summed E-state index contributed by atoms with van der Waals surface area (Å²) in [5, 5.41) is 8.87. The van der Waals surface area contributed by atoms with Gasteiger partial charge in [-0.05, 0) is 17.7 Å². The number of nitrogens with zero attached hydrogens (tertiary/aromatic N) is 1. The van der Waals surface area contributed by atoms with Gasteiger partial charge in [-0.15, -0.1) is 0 Å². The molecule has 0 spiro atoms. The van der Waals surface area contributed by atoms with E-state index in [0.717, 1.165) is 11.3 Å². The molecule has 1 aliphatic rings. The van der Waals surface area contributed by atoms with E-state index in [2.05, 4.69) is 4.99 Å². The van der Waals surface area contributed by atoms with Crippen LogP contribution in [0.3, 0.4) is 0 Å². The Balaban J connectivity index is 1.91. The largest absolute Gasteiger partial charge is 0.497 e. The molecule has 5 heteroatoms. The topological polar surface area (TPSA) is 68.1 Å². The van der Waals surface area contributed by atoms with Crippen LogP contribution in [0, 0.1) is 0 Å². The van der Waals surface area contributed by atoms with Crippen LogP contribution in [0.15, 0.2) is 41.0 Å². The Morgan fingerprint density at radius 2 is 2.05 bits per heavy atom. The van der Waals surface area contributed by atoms with Gasteiger partial charge in [0.05, 0.1) is 26.0 Å². The third kappa shape index (κ3) is 3.49. The summed E-state index contributed by atoms with van der Waals surface area (Å²) in [5.74, 6) is 0.571. The highest BCUT2D eigenvalue weighted by Gasteiger charge is 2.19. The van der Waals surface area contributed by atoms with E-state index in [1.54, 1.807) is 7.11 Å². The first kappa shape index (κ1) is 13.5. The van der Waals surface area contributed by atoms with Gasteiger partial charge in [0.2, 0.25) is 0 Å². The molecule has 1 aliphatic heterocycles. The third-order valence-corrected chi connectivity index (χ3v) is 2.72. The number of aliphatic imine (C=N–C) groups is 1. The zero-order chi connectivity index (χ0) is 13.7. The van der Waals surface area contributed by atoms with Crippen LogP contribution >= 0.6 is 0 Å². The quantitative estimate of drug-likeness (QED) is 0.862. The Morgan fingerprint density at radius 1 is 1.32 bits per heavy atom. The van der Waals surface area contributed by atoms with Crippen molar-refractivity contribution in [1.29, 1.82) is 0 Å². The van der Waals surface area contributed by atoms with Crippen molar-refractivity contribution in [2.75, 3.05) is 13.7 Å². The highest BCUT2D eigenvalue weighted by atomic mass is 16.5. The van der Waals surface area contributed by atoms with E-state index >= 15 is 0 Å². The Morgan fingerprint density at radius 3 is 2.63 bits per heavy atom. The van der Waals surface area contributed by atoms with E-state index in [0.29, 0.717) is 12.3 Å². The lowest BCUT2D eigenvalue weighted by Crippen LogP contribution is -2.27. The number of ether oxygens (including phenoxy) is 2. The lowest BCUT2D eigenvalue weighted by molar-refractivity contribution is -0.122. The first-order valence-corrected chi connectivity index (χ1v) is 5.87. The van der Waals surface area contributed by atoms with E-state index < -0.39 is 6.10 Å². The van der Waals surface area contributed by atoms with Gasteiger partial charge >= 0.3 is 0 Å². The fourth-order valence-corrected chi connectivity index (χ4v) is 1.64. The summed E-state index contributed by atoms with van der Waals surface area (Å²) in [6.45, 7) is 0.0716. The van der Waals surface area contributed by atoms with Crippen molar-refractivity contribution in [2.45, 2.75) is 12.7 Å². The van der Waals surface area contributed by atoms with Gasteiger partial charge in [0.25, 0.3) is 0 Å². The molecule has 1 N–H and O–H groups in total. The molecule has 1 unspecified atom stereocenters. The standard InChI is InChI=1S/C14H15NO4/c1-18-12-4-2-10(3-5-12)9-19-14-7-15-11(8-16)6-13(14)17/h2-7,14,16H,8-9H2,1H3. The maximum atomic E-state index is 11.7. The van der Waals surface area contributed by atoms with E-state index in [-0.39, 0.29) is 12.4 Å². The van der Waals surface area contributed by atoms with E-state index in [1.807, 2.05) is 24.3 Å². The normalized spacial score (nSPS) is 18.3. The summed E-state index contributed by atoms with van der Waals surface area (Å²) in [5.41, 5.74) is 1.30. The lowest BCUT2D eigenvalue weighted by atomic mass is 10.1. The Kier molecular flexibility index (Phi) is 4.43. The van der Waals surface area contributed by atoms with Gasteiger partial charge in [0.1, 0.15) is 5.75 Å². The van der Waals surface area contributed by atoms with Crippen molar-refractivity contribution < 1.29 is 19.4 Å². The first-order valence-electron chi connectivity index (χ1n) is 5.87. The molecule has 1 aromatic rings. The number of ketones is 1. The monoisotopic (exact) mass is 261 g/mol. The fraction of sp³-hybridized carbons (Fsp3) is 0.286. The highest BCUT2D eigenvalue weighted by molar-refractivity contribution is 6.06. The van der Waals surface area contributed by atoms with Crippen LogP contribution in [0.2, 0.25) is 0 Å². The zero-order valence-corrected chi connectivity index (χ0v) is 10.6. The van der Waals surface area contributed by atoms with Gasteiger partial charge in [-0.3, -0.25) is 9.79 Å². The average molecular weight is 261 g/mol. The van der Waals surface area contributed by atoms with Crippen molar-refractivity contribution in [2.24, 2.45) is 4.99 Å². The summed E-state index contributed by atoms with van der Waals surface area (Å²) >= 11 is 0. The molecule has 0 saturated heterocycles. The molecule has 19 heavy (non-hydrogen) atoms. The van der Waals surface area contributed by atoms with Crippen LogP contribution in [0.25, 0.3) is 0 Å². The van der Waals surface area contributed by atoms with Crippen LogP contribution < -0.4 is 4.74 Å². The Hall–Kier alpha value is -1.98. The molecule has 0 aromatic heterocycles. The summed E-state index contributed by atoms with van der Waals surface area (Å²) in [7, 11) is 1.60. The van der Waals surface area contributed by atoms with Crippen molar-refractivity contribution in [1.82, 2.24) is 0 Å². The van der Waals surface area contributed by atoms with Gasteiger partial charge in [0, 0.05) is 12.3 Å². The molecule has 0 saturated carbocycles. The Bertz CT molecular complexity index is 505. The van der Waals surface area contributed by atoms with Crippen LogP contribution in [0.4, 0.5) is 0 Å². The van der Waals surface area contributed by atoms with Gasteiger partial charge in [-0.1, -0.05) is 12.1 Å². The highest BCUT2D eigenvalue weighted by Crippen LogP contribution is 2.13. The van der Waals surface area contributed by atoms with Crippen molar-refractivity contribution >= 4 is 12.0 Å². The molecule has 2 rings (SSSR count). The molecule has 100 valence electrons. The number of carbonyl (C=O) groups is 1. The molecule has 0 amide bonds. The number of carbonyl (C=O) groups excluding carboxylic acids is 1. The molecule has 0 aliphatic carbocycles. The molecule has 0 radical (unpaired) electrons. The molecule has 0 bridgehead atoms. The molecular formula is C14H15NO4. The van der Waals surface area contributed by atoms with Crippen LogP contribution in [-0.2, 0) is 16.1 Å². The minimum Gasteiger partial charge on any atom is -0.497 e. The fourth-order valence-electron chi connectivity index (χ4n) is 1.64. The molecule has 1 heterocycles. The second-order valence-corrected chi connectivity index (χ2v) is 4.05. The second kappa shape index (κ2) is 6.26. The number of hydrogen-bond acceptors (Lipinski definition) is 5. The second-order valence-electron chi connectivity index (χ2n) is 4.05. The number of aliphatic hydroxyl groups excluding tert-OH is 1. The van der Waals surface area contributed by atoms with Crippen molar-refractivity contribution in [3.63, 3.8) is 0 Å². The van der Waals surface area contributed by atoms with Gasteiger partial charge in [0.15, 0.2) is 11.9 Å². The van der Waals surface area contributed by atoms with Gasteiger partial charge in [-0.25, -0.2) is 0 Å². The number of methoxy groups -OCH3 is 1. The molecule has 0 fully saturated rings. The predicted molar refractivity (Wildman–Crippen MR) is 70.2 cm³/mol. The number of rotatable bonds is 5. The van der Waals surface area contributed by atoms with E-state index in [4.69, 9.17) is 14.6 Å². The SMILES string of the molecule is COc1ccc(COC2C=NC(CO)=CC2=O)cc1. The van der Waals surface area contributed by atoms with E-state index in [9.17, 15) is 4.79 Å². The van der Waals surface area contributed by atoms with Crippen LogP contribution in [-0.4, -0.2) is 36.9 Å². The molecule has 1 aromatic carbocycles. The lowest BCUT2D eigenvalue weighted by Gasteiger charge is -2.14. The smallest absolute Gasteiger partial charge is 0.191 e. The predicted octanol–water partition coefficient (Wildman–Crippen LogP) is 1.11. The molecule has 5 nitrogen and oxygen atoms in total. The molecule has 1 atom stereocenters. The maximum absolute atomic E-state index is 11.7. The molecular weight excluding hydrogens is 246 g/mol. The first-order chi connectivity index (χ1) is 9.22. The third-order valence-electron chi connectivity index (χ3n) is 2.72. The zero-order valence-electron chi connectivity index (χ0n) is 10.6. The Labute approximate surface area is 111 Å². The number of benzene rings is 1. The minimum absolute atomic E-state index is 0.201. The van der Waals surface area contributed by atoms with Crippen LogP contribution in [0.1, 0.15) is 5.56 Å². The number of hydrogen-bond donors (Lipinski definition) is 1. The summed E-state index contributed by atoms with van der Waals surface area (Å²) in [4.78, 5) is 15.6. The maximum Gasteiger partial charge on any atom is 0.191 e.